The second-order valence-corrected chi connectivity index (χ2v) is 7.12. The summed E-state index contributed by atoms with van der Waals surface area (Å²) in [6.45, 7) is 0.595. The van der Waals surface area contributed by atoms with Gasteiger partial charge < -0.3 is 0 Å². The van der Waals surface area contributed by atoms with Crippen LogP contribution in [-0.2, 0) is 16.4 Å². The second kappa shape index (κ2) is 5.26. The second-order valence-electron chi connectivity index (χ2n) is 4.90. The molecule has 7 heteroatoms. The summed E-state index contributed by atoms with van der Waals surface area (Å²) in [4.78, 5) is 12.1. The highest BCUT2D eigenvalue weighted by Crippen LogP contribution is 2.19. The van der Waals surface area contributed by atoms with E-state index < -0.39 is 14.8 Å². The molecule has 19 heavy (non-hydrogen) atoms. The van der Waals surface area contributed by atoms with Crippen LogP contribution in [0.15, 0.2) is 24.3 Å². The molecule has 0 spiro atoms. The van der Waals surface area contributed by atoms with E-state index in [0.717, 1.165) is 5.56 Å². The van der Waals surface area contributed by atoms with Crippen LogP contribution in [0.4, 0.5) is 5.69 Å². The minimum absolute atomic E-state index is 0.0418. The smallest absolute Gasteiger partial charge is 0.269 e. The first-order valence-corrected chi connectivity index (χ1v) is 7.83. The number of benzene rings is 1. The molecular weight excluding hydrogens is 268 g/mol. The first-order chi connectivity index (χ1) is 8.87. The highest BCUT2D eigenvalue weighted by molar-refractivity contribution is 7.91. The lowest BCUT2D eigenvalue weighted by Gasteiger charge is -2.22. The van der Waals surface area contributed by atoms with Crippen molar-refractivity contribution in [2.75, 3.05) is 18.6 Å². The van der Waals surface area contributed by atoms with Crippen molar-refractivity contribution >= 4 is 15.5 Å². The third-order valence-electron chi connectivity index (χ3n) is 3.41. The first kappa shape index (κ1) is 14.0. The van der Waals surface area contributed by atoms with Crippen LogP contribution in [0.5, 0.6) is 0 Å². The average molecular weight is 284 g/mol. The first-order valence-electron chi connectivity index (χ1n) is 6.01. The third-order valence-corrected chi connectivity index (χ3v) is 5.16. The number of nitro groups is 1. The maximum Gasteiger partial charge on any atom is 0.269 e. The molecule has 0 amide bonds. The summed E-state index contributed by atoms with van der Waals surface area (Å²) in [5, 5.41) is 10.5. The van der Waals surface area contributed by atoms with Gasteiger partial charge in [0.15, 0.2) is 9.84 Å². The van der Waals surface area contributed by atoms with E-state index in [0.29, 0.717) is 13.0 Å². The van der Waals surface area contributed by atoms with Crippen molar-refractivity contribution in [3.63, 3.8) is 0 Å². The van der Waals surface area contributed by atoms with Crippen molar-refractivity contribution in [3.05, 3.63) is 39.9 Å². The summed E-state index contributed by atoms with van der Waals surface area (Å²) in [7, 11) is -1.000. The molecule has 2 rings (SSSR count). The Morgan fingerprint density at radius 1 is 1.37 bits per heavy atom. The molecule has 1 aliphatic rings. The Morgan fingerprint density at radius 3 is 2.47 bits per heavy atom. The van der Waals surface area contributed by atoms with E-state index in [4.69, 9.17) is 0 Å². The third kappa shape index (κ3) is 3.51. The normalized spacial score (nSPS) is 21.7. The van der Waals surface area contributed by atoms with Crippen LogP contribution in [0.2, 0.25) is 0 Å². The van der Waals surface area contributed by atoms with Crippen LogP contribution in [0.25, 0.3) is 0 Å². The Hall–Kier alpha value is -1.47. The monoisotopic (exact) mass is 284 g/mol. The Bertz CT molecular complexity index is 568. The quantitative estimate of drug-likeness (QED) is 0.613. The predicted molar refractivity (Wildman–Crippen MR) is 71.6 cm³/mol. The predicted octanol–water partition coefficient (Wildman–Crippen LogP) is 1.21. The van der Waals surface area contributed by atoms with Crippen molar-refractivity contribution < 1.29 is 13.3 Å². The van der Waals surface area contributed by atoms with Gasteiger partial charge in [0.1, 0.15) is 0 Å². The molecule has 1 atom stereocenters. The van der Waals surface area contributed by atoms with Gasteiger partial charge in [-0.2, -0.15) is 0 Å². The fraction of sp³-hybridized carbons (Fsp3) is 0.500. The molecule has 0 bridgehead atoms. The number of hydrogen-bond acceptors (Lipinski definition) is 5. The van der Waals surface area contributed by atoms with E-state index in [1.54, 1.807) is 12.1 Å². The summed E-state index contributed by atoms with van der Waals surface area (Å²) < 4.78 is 22.8. The zero-order valence-corrected chi connectivity index (χ0v) is 11.5. The van der Waals surface area contributed by atoms with Gasteiger partial charge in [-0.05, 0) is 19.0 Å². The van der Waals surface area contributed by atoms with Gasteiger partial charge in [-0.1, -0.05) is 12.1 Å². The number of non-ortho nitro benzene ring substituents is 1. The highest BCUT2D eigenvalue weighted by atomic mass is 32.2. The molecule has 0 radical (unpaired) electrons. The summed E-state index contributed by atoms with van der Waals surface area (Å²) in [5.41, 5.74) is 1.01. The van der Waals surface area contributed by atoms with Gasteiger partial charge >= 0.3 is 0 Å². The van der Waals surface area contributed by atoms with E-state index in [1.807, 2.05) is 11.9 Å². The average Bonchev–Trinajstić information content (AvgIpc) is 2.70. The van der Waals surface area contributed by atoms with Crippen molar-refractivity contribution in [1.82, 2.24) is 4.90 Å². The van der Waals surface area contributed by atoms with Crippen LogP contribution in [0, 0.1) is 10.1 Å². The number of hydrogen-bond donors (Lipinski definition) is 0. The lowest BCUT2D eigenvalue weighted by Crippen LogP contribution is -2.32. The van der Waals surface area contributed by atoms with Gasteiger partial charge in [0.2, 0.25) is 0 Å². The van der Waals surface area contributed by atoms with Crippen molar-refractivity contribution in [3.8, 4) is 0 Å². The molecule has 1 aromatic carbocycles. The van der Waals surface area contributed by atoms with E-state index in [9.17, 15) is 18.5 Å². The van der Waals surface area contributed by atoms with Crippen LogP contribution in [-0.4, -0.2) is 42.8 Å². The minimum Gasteiger partial charge on any atom is -0.298 e. The maximum atomic E-state index is 11.4. The van der Waals surface area contributed by atoms with E-state index in [2.05, 4.69) is 0 Å². The number of sulfone groups is 1. The van der Waals surface area contributed by atoms with Crippen LogP contribution >= 0.6 is 0 Å². The van der Waals surface area contributed by atoms with Gasteiger partial charge in [-0.15, -0.1) is 0 Å². The molecule has 1 heterocycles. The Labute approximate surface area is 112 Å². The lowest BCUT2D eigenvalue weighted by atomic mass is 10.1. The molecule has 1 aromatic rings. The van der Waals surface area contributed by atoms with Gasteiger partial charge in [0, 0.05) is 24.7 Å². The molecule has 0 saturated carbocycles. The van der Waals surface area contributed by atoms with Gasteiger partial charge in [-0.3, -0.25) is 15.0 Å². The van der Waals surface area contributed by atoms with E-state index in [1.165, 1.54) is 12.1 Å². The fourth-order valence-corrected chi connectivity index (χ4v) is 4.07. The molecule has 1 fully saturated rings. The van der Waals surface area contributed by atoms with Crippen LogP contribution in [0.1, 0.15) is 12.0 Å². The van der Waals surface area contributed by atoms with Gasteiger partial charge in [0.05, 0.1) is 16.4 Å². The van der Waals surface area contributed by atoms with E-state index in [-0.39, 0.29) is 23.2 Å². The number of nitrogens with zero attached hydrogens (tertiary/aromatic N) is 2. The minimum atomic E-state index is -2.88. The SMILES string of the molecule is CN(Cc1ccc([N+](=O)[O-])cc1)[C@H]1CCS(=O)(=O)C1. The molecule has 0 unspecified atom stereocenters. The van der Waals surface area contributed by atoms with Crippen molar-refractivity contribution in [2.45, 2.75) is 19.0 Å². The standard InChI is InChI=1S/C12H16N2O4S/c1-13(12-6-7-19(17,18)9-12)8-10-2-4-11(5-3-10)14(15)16/h2-5,12H,6-9H2,1H3/t12-/m0/s1. The molecule has 1 saturated heterocycles. The van der Waals surface area contributed by atoms with Gasteiger partial charge in [0.25, 0.3) is 5.69 Å². The van der Waals surface area contributed by atoms with Crippen LogP contribution < -0.4 is 0 Å². The van der Waals surface area contributed by atoms with E-state index >= 15 is 0 Å². The Balaban J connectivity index is 1.99. The Kier molecular flexibility index (Phi) is 3.86. The van der Waals surface area contributed by atoms with Crippen molar-refractivity contribution in [1.29, 1.82) is 0 Å². The molecule has 1 aliphatic heterocycles. The summed E-state index contributed by atoms with van der Waals surface area (Å²) in [6.07, 6.45) is 0.659. The largest absolute Gasteiger partial charge is 0.298 e. The molecule has 0 aliphatic carbocycles. The Morgan fingerprint density at radius 2 is 2.00 bits per heavy atom. The zero-order chi connectivity index (χ0) is 14.0. The van der Waals surface area contributed by atoms with Gasteiger partial charge in [-0.25, -0.2) is 8.42 Å². The topological polar surface area (TPSA) is 80.5 Å². The molecular formula is C12H16N2O4S. The van der Waals surface area contributed by atoms with Crippen LogP contribution in [0.3, 0.4) is 0 Å². The maximum absolute atomic E-state index is 11.4. The summed E-state index contributed by atoms with van der Waals surface area (Å²) >= 11 is 0. The summed E-state index contributed by atoms with van der Waals surface area (Å²) in [5.74, 6) is 0.457. The zero-order valence-electron chi connectivity index (χ0n) is 10.7. The molecule has 104 valence electrons. The summed E-state index contributed by atoms with van der Waals surface area (Å²) in [6, 6.07) is 6.39. The highest BCUT2D eigenvalue weighted by Gasteiger charge is 2.30. The molecule has 6 nitrogen and oxygen atoms in total. The molecule has 0 N–H and O–H groups in total. The number of nitro benzene ring substituents is 1. The van der Waals surface area contributed by atoms with Crippen molar-refractivity contribution in [2.24, 2.45) is 0 Å². The number of rotatable bonds is 4. The molecule has 0 aromatic heterocycles. The fourth-order valence-electron chi connectivity index (χ4n) is 2.26. The lowest BCUT2D eigenvalue weighted by molar-refractivity contribution is -0.384.